The van der Waals surface area contributed by atoms with Gasteiger partial charge in [0.05, 0.1) is 0 Å². The highest BCUT2D eigenvalue weighted by molar-refractivity contribution is 6.33. The normalized spacial score (nSPS) is 12.5. The molecule has 0 bridgehead atoms. The Morgan fingerprint density at radius 2 is 1.89 bits per heavy atom. The van der Waals surface area contributed by atoms with E-state index in [1.165, 1.54) is 6.92 Å². The van der Waals surface area contributed by atoms with E-state index >= 15 is 0 Å². The van der Waals surface area contributed by atoms with E-state index in [1.54, 1.807) is 18.2 Å². The Bertz CT molecular complexity index is 664. The summed E-state index contributed by atoms with van der Waals surface area (Å²) in [6, 6.07) is 10.9. The van der Waals surface area contributed by atoms with Crippen LogP contribution in [-0.2, 0) is 0 Å². The Kier molecular flexibility index (Phi) is 2.91. The summed E-state index contributed by atoms with van der Waals surface area (Å²) in [5.74, 6) is 1.43. The molecule has 0 saturated heterocycles. The molecule has 4 heteroatoms. The minimum atomic E-state index is 0.0126. The van der Waals surface area contributed by atoms with Crippen molar-refractivity contribution in [2.75, 3.05) is 6.79 Å². The van der Waals surface area contributed by atoms with Gasteiger partial charge in [-0.15, -0.1) is 0 Å². The van der Waals surface area contributed by atoms with Gasteiger partial charge < -0.3 is 9.47 Å². The molecule has 0 unspecified atom stereocenters. The zero-order valence-electron chi connectivity index (χ0n) is 10.3. The molecule has 0 amide bonds. The van der Waals surface area contributed by atoms with Crippen molar-refractivity contribution in [2.45, 2.75) is 6.92 Å². The van der Waals surface area contributed by atoms with Gasteiger partial charge in [-0.05, 0) is 42.8 Å². The van der Waals surface area contributed by atoms with Gasteiger partial charge in [0, 0.05) is 16.1 Å². The molecule has 1 heterocycles. The highest BCUT2D eigenvalue weighted by Crippen LogP contribution is 2.38. The van der Waals surface area contributed by atoms with E-state index in [2.05, 4.69) is 0 Å². The molecule has 0 spiro atoms. The lowest BCUT2D eigenvalue weighted by molar-refractivity contribution is 0.101. The van der Waals surface area contributed by atoms with E-state index in [0.29, 0.717) is 16.3 Å². The molecule has 19 heavy (non-hydrogen) atoms. The summed E-state index contributed by atoms with van der Waals surface area (Å²) >= 11 is 6.20. The SMILES string of the molecule is CC(=O)c1ccc(Cl)c(-c2ccc3c(c2)OCO3)c1. The third kappa shape index (κ3) is 2.17. The smallest absolute Gasteiger partial charge is 0.231 e. The Morgan fingerprint density at radius 3 is 2.68 bits per heavy atom. The number of ether oxygens (including phenoxy) is 2. The lowest BCUT2D eigenvalue weighted by Gasteiger charge is -2.07. The Balaban J connectivity index is 2.11. The van der Waals surface area contributed by atoms with Gasteiger partial charge in [0.2, 0.25) is 6.79 Å². The predicted molar refractivity (Wildman–Crippen MR) is 73.0 cm³/mol. The van der Waals surface area contributed by atoms with Crippen LogP contribution in [0.5, 0.6) is 11.5 Å². The number of hydrogen-bond donors (Lipinski definition) is 0. The quantitative estimate of drug-likeness (QED) is 0.778. The van der Waals surface area contributed by atoms with Crippen molar-refractivity contribution in [3.05, 3.63) is 47.0 Å². The number of Topliss-reactive ketones (excluding diaryl/α,β-unsaturated/α-hetero) is 1. The number of ketones is 1. The minimum Gasteiger partial charge on any atom is -0.454 e. The monoisotopic (exact) mass is 274 g/mol. The summed E-state index contributed by atoms with van der Waals surface area (Å²) < 4.78 is 10.6. The molecular weight excluding hydrogens is 264 g/mol. The maximum absolute atomic E-state index is 11.4. The topological polar surface area (TPSA) is 35.5 Å². The molecule has 0 aliphatic carbocycles. The Labute approximate surface area is 115 Å². The van der Waals surface area contributed by atoms with Crippen LogP contribution in [0.1, 0.15) is 17.3 Å². The maximum Gasteiger partial charge on any atom is 0.231 e. The number of hydrogen-bond acceptors (Lipinski definition) is 3. The second kappa shape index (κ2) is 4.59. The van der Waals surface area contributed by atoms with E-state index < -0.39 is 0 Å². The number of fused-ring (bicyclic) bond motifs is 1. The number of rotatable bonds is 2. The van der Waals surface area contributed by atoms with Gasteiger partial charge in [0.15, 0.2) is 17.3 Å². The Morgan fingerprint density at radius 1 is 1.11 bits per heavy atom. The highest BCUT2D eigenvalue weighted by atomic mass is 35.5. The molecule has 3 nitrogen and oxygen atoms in total. The van der Waals surface area contributed by atoms with Crippen LogP contribution in [0.4, 0.5) is 0 Å². The van der Waals surface area contributed by atoms with E-state index in [4.69, 9.17) is 21.1 Å². The second-order valence-electron chi connectivity index (χ2n) is 4.32. The fraction of sp³-hybridized carbons (Fsp3) is 0.133. The van der Waals surface area contributed by atoms with Crippen molar-refractivity contribution in [3.8, 4) is 22.6 Å². The summed E-state index contributed by atoms with van der Waals surface area (Å²) in [7, 11) is 0. The van der Waals surface area contributed by atoms with Crippen LogP contribution in [0.15, 0.2) is 36.4 Å². The number of carbonyl (C=O) groups is 1. The standard InChI is InChI=1S/C15H11ClO3/c1-9(17)10-2-4-13(16)12(6-10)11-3-5-14-15(7-11)19-8-18-14/h2-7H,8H2,1H3. The zero-order valence-corrected chi connectivity index (χ0v) is 11.0. The van der Waals surface area contributed by atoms with Crippen LogP contribution in [0.3, 0.4) is 0 Å². The molecule has 1 aliphatic rings. The number of carbonyl (C=O) groups excluding carboxylic acids is 1. The predicted octanol–water partition coefficient (Wildman–Crippen LogP) is 3.94. The summed E-state index contributed by atoms with van der Waals surface area (Å²) in [6.45, 7) is 1.77. The van der Waals surface area contributed by atoms with Crippen LogP contribution in [0.2, 0.25) is 5.02 Å². The van der Waals surface area contributed by atoms with Crippen molar-refractivity contribution in [1.82, 2.24) is 0 Å². The van der Waals surface area contributed by atoms with Gasteiger partial charge in [0.25, 0.3) is 0 Å². The summed E-state index contributed by atoms with van der Waals surface area (Å²) in [4.78, 5) is 11.4. The fourth-order valence-corrected chi connectivity index (χ4v) is 2.26. The van der Waals surface area contributed by atoms with E-state index in [-0.39, 0.29) is 12.6 Å². The van der Waals surface area contributed by atoms with E-state index in [0.717, 1.165) is 16.9 Å². The van der Waals surface area contributed by atoms with Gasteiger partial charge >= 0.3 is 0 Å². The molecule has 0 atom stereocenters. The van der Waals surface area contributed by atoms with Crippen molar-refractivity contribution in [1.29, 1.82) is 0 Å². The molecule has 3 rings (SSSR count). The van der Waals surface area contributed by atoms with Crippen LogP contribution in [-0.4, -0.2) is 12.6 Å². The van der Waals surface area contributed by atoms with Crippen molar-refractivity contribution in [2.24, 2.45) is 0 Å². The molecule has 96 valence electrons. The first kappa shape index (κ1) is 12.1. The molecule has 2 aromatic rings. The van der Waals surface area contributed by atoms with Crippen LogP contribution in [0, 0.1) is 0 Å². The largest absolute Gasteiger partial charge is 0.454 e. The first-order valence-electron chi connectivity index (χ1n) is 5.85. The molecule has 2 aromatic carbocycles. The van der Waals surface area contributed by atoms with Crippen LogP contribution < -0.4 is 9.47 Å². The first-order chi connectivity index (χ1) is 9.15. The Hall–Kier alpha value is -2.00. The third-order valence-electron chi connectivity index (χ3n) is 3.06. The van der Waals surface area contributed by atoms with E-state index in [9.17, 15) is 4.79 Å². The van der Waals surface area contributed by atoms with Gasteiger partial charge in [-0.1, -0.05) is 17.7 Å². The van der Waals surface area contributed by atoms with Crippen molar-refractivity contribution in [3.63, 3.8) is 0 Å². The summed E-state index contributed by atoms with van der Waals surface area (Å²) in [5, 5.41) is 0.601. The minimum absolute atomic E-state index is 0.0126. The van der Waals surface area contributed by atoms with Crippen molar-refractivity contribution >= 4 is 17.4 Å². The van der Waals surface area contributed by atoms with Gasteiger partial charge in [-0.3, -0.25) is 4.79 Å². The lowest BCUT2D eigenvalue weighted by Crippen LogP contribution is -1.93. The molecule has 0 aromatic heterocycles. The third-order valence-corrected chi connectivity index (χ3v) is 3.39. The molecule has 1 aliphatic heterocycles. The van der Waals surface area contributed by atoms with Crippen molar-refractivity contribution < 1.29 is 14.3 Å². The first-order valence-corrected chi connectivity index (χ1v) is 6.23. The second-order valence-corrected chi connectivity index (χ2v) is 4.73. The van der Waals surface area contributed by atoms with Gasteiger partial charge in [-0.25, -0.2) is 0 Å². The summed E-state index contributed by atoms with van der Waals surface area (Å²) in [6.07, 6.45) is 0. The maximum atomic E-state index is 11.4. The lowest BCUT2D eigenvalue weighted by atomic mass is 10.0. The fourth-order valence-electron chi connectivity index (χ4n) is 2.03. The van der Waals surface area contributed by atoms with Gasteiger partial charge in [-0.2, -0.15) is 0 Å². The number of halogens is 1. The molecule has 0 radical (unpaired) electrons. The highest BCUT2D eigenvalue weighted by Gasteiger charge is 2.15. The van der Waals surface area contributed by atoms with E-state index in [1.807, 2.05) is 18.2 Å². The number of benzene rings is 2. The summed E-state index contributed by atoms with van der Waals surface area (Å²) in [5.41, 5.74) is 2.35. The molecular formula is C15H11ClO3. The molecule has 0 saturated carbocycles. The average molecular weight is 275 g/mol. The van der Waals surface area contributed by atoms with Crippen LogP contribution in [0.25, 0.3) is 11.1 Å². The van der Waals surface area contributed by atoms with Gasteiger partial charge in [0.1, 0.15) is 0 Å². The zero-order chi connectivity index (χ0) is 13.4. The van der Waals surface area contributed by atoms with Crippen LogP contribution >= 0.6 is 11.6 Å². The molecule has 0 fully saturated rings. The average Bonchev–Trinajstić information content (AvgIpc) is 2.86. The molecule has 0 N–H and O–H groups in total.